The Morgan fingerprint density at radius 3 is 2.62 bits per heavy atom. The molecule has 0 bridgehead atoms. The molecular formula is C11H8FNO3. The number of aromatic carboxylic acids is 1. The number of amides is 1. The summed E-state index contributed by atoms with van der Waals surface area (Å²) in [6, 6.07) is 3.20. The molecule has 0 aromatic heterocycles. The zero-order valence-electron chi connectivity index (χ0n) is 8.37. The molecule has 4 nitrogen and oxygen atoms in total. The molecule has 0 heterocycles. The van der Waals surface area contributed by atoms with Crippen molar-refractivity contribution in [1.82, 2.24) is 0 Å². The predicted molar refractivity (Wildman–Crippen MR) is 55.4 cm³/mol. The summed E-state index contributed by atoms with van der Waals surface area (Å²) in [7, 11) is 0. The normalized spacial score (nSPS) is 8.88. The molecular weight excluding hydrogens is 213 g/mol. The maximum absolute atomic E-state index is 13.3. The molecule has 1 aromatic carbocycles. The lowest BCUT2D eigenvalue weighted by Gasteiger charge is -2.03. The van der Waals surface area contributed by atoms with Crippen LogP contribution in [-0.4, -0.2) is 17.0 Å². The Labute approximate surface area is 91.1 Å². The summed E-state index contributed by atoms with van der Waals surface area (Å²) in [6.07, 6.45) is 0. The lowest BCUT2D eigenvalue weighted by Crippen LogP contribution is -2.10. The van der Waals surface area contributed by atoms with Gasteiger partial charge in [0, 0.05) is 0 Å². The number of hydrogen-bond donors (Lipinski definition) is 2. The average molecular weight is 221 g/mol. The van der Waals surface area contributed by atoms with E-state index in [-0.39, 0.29) is 11.3 Å². The van der Waals surface area contributed by atoms with E-state index in [0.717, 1.165) is 6.07 Å². The molecule has 0 atom stereocenters. The summed E-state index contributed by atoms with van der Waals surface area (Å²) < 4.78 is 13.3. The van der Waals surface area contributed by atoms with Crippen LogP contribution in [0.4, 0.5) is 10.1 Å². The third-order valence-electron chi connectivity index (χ3n) is 1.70. The van der Waals surface area contributed by atoms with Crippen LogP contribution in [0.3, 0.4) is 0 Å². The molecule has 0 saturated heterocycles. The first-order chi connectivity index (χ1) is 7.54. The molecule has 0 aliphatic carbocycles. The van der Waals surface area contributed by atoms with Gasteiger partial charge in [-0.15, -0.1) is 0 Å². The summed E-state index contributed by atoms with van der Waals surface area (Å²) in [5, 5.41) is 10.8. The standard InChI is InChI=1S/C11H8FNO3/c1-2-3-10(14)13-9-5-4-7(11(15)16)6-8(9)12/h4-6H,1H3,(H,13,14)(H,15,16). The van der Waals surface area contributed by atoms with Gasteiger partial charge < -0.3 is 10.4 Å². The lowest BCUT2D eigenvalue weighted by atomic mass is 10.2. The van der Waals surface area contributed by atoms with E-state index in [9.17, 15) is 14.0 Å². The van der Waals surface area contributed by atoms with E-state index in [1.807, 2.05) is 0 Å². The van der Waals surface area contributed by atoms with Gasteiger partial charge in [0.1, 0.15) is 5.82 Å². The maximum Gasteiger partial charge on any atom is 0.335 e. The van der Waals surface area contributed by atoms with Crippen molar-refractivity contribution in [3.63, 3.8) is 0 Å². The number of benzene rings is 1. The van der Waals surface area contributed by atoms with E-state index >= 15 is 0 Å². The van der Waals surface area contributed by atoms with Crippen LogP contribution in [0.1, 0.15) is 17.3 Å². The number of carbonyl (C=O) groups excluding carboxylic acids is 1. The molecule has 0 saturated carbocycles. The van der Waals surface area contributed by atoms with E-state index in [1.54, 1.807) is 0 Å². The molecule has 16 heavy (non-hydrogen) atoms. The molecule has 1 aromatic rings. The van der Waals surface area contributed by atoms with Crippen molar-refractivity contribution < 1.29 is 19.1 Å². The third-order valence-corrected chi connectivity index (χ3v) is 1.70. The Kier molecular flexibility index (Phi) is 3.62. The molecule has 2 N–H and O–H groups in total. The number of carboxylic acids is 1. The fourth-order valence-electron chi connectivity index (χ4n) is 1.02. The fourth-order valence-corrected chi connectivity index (χ4v) is 1.02. The second kappa shape index (κ2) is 4.94. The van der Waals surface area contributed by atoms with E-state index in [4.69, 9.17) is 5.11 Å². The minimum atomic E-state index is -1.23. The second-order valence-electron chi connectivity index (χ2n) is 2.83. The van der Waals surface area contributed by atoms with Gasteiger partial charge in [-0.05, 0) is 31.0 Å². The van der Waals surface area contributed by atoms with Gasteiger partial charge in [0.25, 0.3) is 5.91 Å². The number of nitrogens with one attached hydrogen (secondary N) is 1. The molecule has 1 amide bonds. The quantitative estimate of drug-likeness (QED) is 0.743. The van der Waals surface area contributed by atoms with Crippen LogP contribution in [-0.2, 0) is 4.79 Å². The topological polar surface area (TPSA) is 66.4 Å². The molecule has 82 valence electrons. The highest BCUT2D eigenvalue weighted by Crippen LogP contribution is 2.15. The van der Waals surface area contributed by atoms with E-state index in [2.05, 4.69) is 17.2 Å². The summed E-state index contributed by atoms with van der Waals surface area (Å²) in [5.41, 5.74) is -0.283. The monoisotopic (exact) mass is 221 g/mol. The molecule has 0 radical (unpaired) electrons. The minimum absolute atomic E-state index is 0.0993. The number of anilines is 1. The summed E-state index contributed by atoms with van der Waals surface area (Å²) in [5.74, 6) is 1.84. The first-order valence-electron chi connectivity index (χ1n) is 4.31. The fraction of sp³-hybridized carbons (Fsp3) is 0.0909. The van der Waals surface area contributed by atoms with Gasteiger partial charge in [0.15, 0.2) is 0 Å². The van der Waals surface area contributed by atoms with Crippen LogP contribution in [0.2, 0.25) is 0 Å². The maximum atomic E-state index is 13.3. The number of carboxylic acid groups (broad SMARTS) is 1. The Hall–Kier alpha value is -2.35. The summed E-state index contributed by atoms with van der Waals surface area (Å²) in [4.78, 5) is 21.5. The number of rotatable bonds is 2. The van der Waals surface area contributed by atoms with Gasteiger partial charge in [-0.3, -0.25) is 4.79 Å². The van der Waals surface area contributed by atoms with Gasteiger partial charge in [-0.1, -0.05) is 5.92 Å². The Bertz CT molecular complexity index is 500. The van der Waals surface area contributed by atoms with Crippen LogP contribution in [0.25, 0.3) is 0 Å². The smallest absolute Gasteiger partial charge is 0.335 e. The summed E-state index contributed by atoms with van der Waals surface area (Å²) in [6.45, 7) is 1.48. The van der Waals surface area contributed by atoms with Crippen molar-refractivity contribution in [3.05, 3.63) is 29.6 Å². The first kappa shape index (κ1) is 11.7. The van der Waals surface area contributed by atoms with Crippen LogP contribution in [0.5, 0.6) is 0 Å². The zero-order chi connectivity index (χ0) is 12.1. The van der Waals surface area contributed by atoms with Crippen molar-refractivity contribution in [3.8, 4) is 11.8 Å². The molecule has 0 fully saturated rings. The molecule has 5 heteroatoms. The van der Waals surface area contributed by atoms with Crippen molar-refractivity contribution in [2.75, 3.05) is 5.32 Å². The van der Waals surface area contributed by atoms with E-state index < -0.39 is 17.7 Å². The predicted octanol–water partition coefficient (Wildman–Crippen LogP) is 1.49. The number of hydrogen-bond acceptors (Lipinski definition) is 2. The lowest BCUT2D eigenvalue weighted by molar-refractivity contribution is -0.111. The molecule has 0 unspecified atom stereocenters. The van der Waals surface area contributed by atoms with Gasteiger partial charge in [-0.25, -0.2) is 9.18 Å². The minimum Gasteiger partial charge on any atom is -0.478 e. The second-order valence-corrected chi connectivity index (χ2v) is 2.83. The van der Waals surface area contributed by atoms with Gasteiger partial charge in [0.05, 0.1) is 11.3 Å². The van der Waals surface area contributed by atoms with Gasteiger partial charge in [-0.2, -0.15) is 0 Å². The Morgan fingerprint density at radius 1 is 1.44 bits per heavy atom. The van der Waals surface area contributed by atoms with Crippen molar-refractivity contribution in [1.29, 1.82) is 0 Å². The Morgan fingerprint density at radius 2 is 2.12 bits per heavy atom. The Balaban J connectivity index is 2.94. The van der Waals surface area contributed by atoms with Crippen LogP contribution in [0, 0.1) is 17.7 Å². The van der Waals surface area contributed by atoms with Gasteiger partial charge in [0.2, 0.25) is 0 Å². The molecule has 1 rings (SSSR count). The van der Waals surface area contributed by atoms with Crippen molar-refractivity contribution in [2.24, 2.45) is 0 Å². The molecule has 0 aliphatic rings. The highest BCUT2D eigenvalue weighted by Gasteiger charge is 2.09. The number of carbonyl (C=O) groups is 2. The van der Waals surface area contributed by atoms with E-state index in [1.165, 1.54) is 19.1 Å². The van der Waals surface area contributed by atoms with Crippen molar-refractivity contribution in [2.45, 2.75) is 6.92 Å². The SMILES string of the molecule is CC#CC(=O)Nc1ccc(C(=O)O)cc1F. The van der Waals surface area contributed by atoms with E-state index in [0.29, 0.717) is 0 Å². The number of halogens is 1. The molecule has 0 aliphatic heterocycles. The zero-order valence-corrected chi connectivity index (χ0v) is 8.37. The first-order valence-corrected chi connectivity index (χ1v) is 4.31. The van der Waals surface area contributed by atoms with Crippen LogP contribution in [0.15, 0.2) is 18.2 Å². The van der Waals surface area contributed by atoms with Crippen LogP contribution >= 0.6 is 0 Å². The highest BCUT2D eigenvalue weighted by molar-refractivity contribution is 6.04. The van der Waals surface area contributed by atoms with Crippen molar-refractivity contribution >= 4 is 17.6 Å². The van der Waals surface area contributed by atoms with Gasteiger partial charge >= 0.3 is 5.97 Å². The average Bonchev–Trinajstić information content (AvgIpc) is 2.21. The third kappa shape index (κ3) is 2.82. The molecule has 0 spiro atoms. The largest absolute Gasteiger partial charge is 0.478 e. The van der Waals surface area contributed by atoms with Crippen LogP contribution < -0.4 is 5.32 Å². The summed E-state index contributed by atoms with van der Waals surface area (Å²) >= 11 is 0. The highest BCUT2D eigenvalue weighted by atomic mass is 19.1.